The summed E-state index contributed by atoms with van der Waals surface area (Å²) in [6.07, 6.45) is -0.677. The first-order chi connectivity index (χ1) is 14.2. The standard InChI is InChI=1S/C18H27NO7.C2H3ClO/c1-18(13-20,16(21)25-11-10-24-9-8-23-2)14-26-17(22)19-12-15-6-4-3-5-7-15;1-2(3)4/h3-7,20H,8-14H2,1-2H3,(H,19,22);1H3. The molecule has 0 saturated heterocycles. The van der Waals surface area contributed by atoms with Gasteiger partial charge in [0.2, 0.25) is 5.24 Å². The highest BCUT2D eigenvalue weighted by molar-refractivity contribution is 6.62. The molecule has 9 nitrogen and oxygen atoms in total. The zero-order chi connectivity index (χ0) is 22.8. The van der Waals surface area contributed by atoms with E-state index in [1.165, 1.54) is 13.8 Å². The first-order valence-corrected chi connectivity index (χ1v) is 9.58. The van der Waals surface area contributed by atoms with Crippen LogP contribution in [0.2, 0.25) is 0 Å². The minimum atomic E-state index is -1.34. The Balaban J connectivity index is 0.00000192. The van der Waals surface area contributed by atoms with Crippen molar-refractivity contribution in [2.45, 2.75) is 20.4 Å². The molecular weight excluding hydrogens is 418 g/mol. The number of rotatable bonds is 12. The molecule has 1 atom stereocenters. The predicted molar refractivity (Wildman–Crippen MR) is 110 cm³/mol. The molecule has 1 rings (SSSR count). The molecular formula is C20H30ClNO8. The van der Waals surface area contributed by atoms with E-state index in [-0.39, 0.29) is 25.1 Å². The number of aliphatic hydroxyl groups is 1. The van der Waals surface area contributed by atoms with Gasteiger partial charge in [-0.05, 0) is 24.1 Å². The summed E-state index contributed by atoms with van der Waals surface area (Å²) in [7, 11) is 1.56. The van der Waals surface area contributed by atoms with Crippen molar-refractivity contribution in [3.8, 4) is 0 Å². The van der Waals surface area contributed by atoms with E-state index >= 15 is 0 Å². The van der Waals surface area contributed by atoms with Gasteiger partial charge in [0.25, 0.3) is 0 Å². The first-order valence-electron chi connectivity index (χ1n) is 9.20. The third kappa shape index (κ3) is 13.9. The SMILES string of the molecule is CC(=O)Cl.COCCOCCOC(=O)C(C)(CO)COC(=O)NCc1ccccc1. The normalized spacial score (nSPS) is 12.0. The number of benzene rings is 1. The molecule has 170 valence electrons. The lowest BCUT2D eigenvalue weighted by Gasteiger charge is -2.24. The molecule has 1 unspecified atom stereocenters. The highest BCUT2D eigenvalue weighted by atomic mass is 35.5. The fourth-order valence-corrected chi connectivity index (χ4v) is 1.83. The second kappa shape index (κ2) is 16.6. The summed E-state index contributed by atoms with van der Waals surface area (Å²) in [5, 5.41) is 11.7. The predicted octanol–water partition coefficient (Wildman–Crippen LogP) is 1.89. The molecule has 0 bridgehead atoms. The van der Waals surface area contributed by atoms with Gasteiger partial charge in [0, 0.05) is 20.6 Å². The van der Waals surface area contributed by atoms with Gasteiger partial charge >= 0.3 is 12.1 Å². The van der Waals surface area contributed by atoms with Gasteiger partial charge in [-0.1, -0.05) is 30.3 Å². The van der Waals surface area contributed by atoms with Gasteiger partial charge in [-0.2, -0.15) is 0 Å². The number of esters is 1. The van der Waals surface area contributed by atoms with Crippen LogP contribution in [0, 0.1) is 5.41 Å². The Morgan fingerprint density at radius 2 is 1.67 bits per heavy atom. The van der Waals surface area contributed by atoms with Crippen LogP contribution in [-0.4, -0.2) is 69.2 Å². The van der Waals surface area contributed by atoms with Crippen molar-refractivity contribution >= 4 is 28.9 Å². The Bertz CT molecular complexity index is 624. The van der Waals surface area contributed by atoms with E-state index in [4.69, 9.17) is 18.9 Å². The quantitative estimate of drug-likeness (QED) is 0.283. The van der Waals surface area contributed by atoms with Crippen LogP contribution in [0.4, 0.5) is 4.79 Å². The van der Waals surface area contributed by atoms with E-state index in [9.17, 15) is 19.5 Å². The minimum absolute atomic E-state index is 0.0400. The molecule has 0 aliphatic carbocycles. The number of alkyl carbamates (subject to hydrolysis) is 1. The van der Waals surface area contributed by atoms with E-state index in [1.807, 2.05) is 30.3 Å². The maximum atomic E-state index is 12.1. The number of hydrogen-bond donors (Lipinski definition) is 2. The number of hydrogen-bond acceptors (Lipinski definition) is 8. The Morgan fingerprint density at radius 3 is 2.23 bits per heavy atom. The molecule has 0 aromatic heterocycles. The van der Waals surface area contributed by atoms with E-state index < -0.39 is 24.1 Å². The number of methoxy groups -OCH3 is 1. The lowest BCUT2D eigenvalue weighted by molar-refractivity contribution is -0.161. The van der Waals surface area contributed by atoms with Crippen molar-refractivity contribution in [2.24, 2.45) is 5.41 Å². The Labute approximate surface area is 181 Å². The van der Waals surface area contributed by atoms with Crippen LogP contribution in [0.1, 0.15) is 19.4 Å². The second-order valence-electron chi connectivity index (χ2n) is 6.35. The molecule has 1 aromatic carbocycles. The molecule has 0 radical (unpaired) electrons. The van der Waals surface area contributed by atoms with Gasteiger partial charge in [-0.3, -0.25) is 9.59 Å². The smallest absolute Gasteiger partial charge is 0.407 e. The molecule has 0 aliphatic heterocycles. The molecule has 1 amide bonds. The van der Waals surface area contributed by atoms with Gasteiger partial charge in [0.05, 0.1) is 26.4 Å². The number of ether oxygens (including phenoxy) is 4. The first kappa shape index (κ1) is 27.8. The van der Waals surface area contributed by atoms with Crippen LogP contribution < -0.4 is 5.32 Å². The molecule has 10 heteroatoms. The van der Waals surface area contributed by atoms with Crippen LogP contribution in [0.25, 0.3) is 0 Å². The Hall–Kier alpha value is -2.20. The summed E-state index contributed by atoms with van der Waals surface area (Å²) >= 11 is 4.64. The summed E-state index contributed by atoms with van der Waals surface area (Å²) < 4.78 is 20.1. The Morgan fingerprint density at radius 1 is 1.07 bits per heavy atom. The number of carbonyl (C=O) groups excluding carboxylic acids is 3. The van der Waals surface area contributed by atoms with Gasteiger partial charge in [0.1, 0.15) is 18.6 Å². The van der Waals surface area contributed by atoms with Crippen LogP contribution in [0.15, 0.2) is 30.3 Å². The van der Waals surface area contributed by atoms with E-state index in [0.29, 0.717) is 19.8 Å². The number of nitrogens with one attached hydrogen (secondary N) is 1. The van der Waals surface area contributed by atoms with Crippen LogP contribution >= 0.6 is 11.6 Å². The van der Waals surface area contributed by atoms with Crippen LogP contribution in [-0.2, 0) is 35.1 Å². The molecule has 1 aromatic rings. The van der Waals surface area contributed by atoms with Crippen LogP contribution in [0.3, 0.4) is 0 Å². The summed E-state index contributed by atoms with van der Waals surface area (Å²) in [4.78, 5) is 33.1. The molecule has 0 spiro atoms. The number of aliphatic hydroxyl groups excluding tert-OH is 1. The van der Waals surface area contributed by atoms with E-state index in [0.717, 1.165) is 5.56 Å². The molecule has 0 saturated carbocycles. The van der Waals surface area contributed by atoms with Crippen molar-refractivity contribution in [3.05, 3.63) is 35.9 Å². The number of carbonyl (C=O) groups is 3. The second-order valence-corrected chi connectivity index (χ2v) is 6.88. The average molecular weight is 448 g/mol. The lowest BCUT2D eigenvalue weighted by atomic mass is 9.93. The molecule has 0 aliphatic rings. The fraction of sp³-hybridized carbons (Fsp3) is 0.550. The minimum Gasteiger partial charge on any atom is -0.463 e. The zero-order valence-electron chi connectivity index (χ0n) is 17.5. The molecule has 2 N–H and O–H groups in total. The van der Waals surface area contributed by atoms with Crippen molar-refractivity contribution < 1.29 is 38.4 Å². The van der Waals surface area contributed by atoms with Gasteiger partial charge < -0.3 is 29.4 Å². The maximum Gasteiger partial charge on any atom is 0.407 e. The zero-order valence-corrected chi connectivity index (χ0v) is 18.3. The largest absolute Gasteiger partial charge is 0.463 e. The molecule has 0 fully saturated rings. The highest BCUT2D eigenvalue weighted by Crippen LogP contribution is 2.18. The van der Waals surface area contributed by atoms with E-state index in [1.54, 1.807) is 7.11 Å². The molecule has 0 heterocycles. The highest BCUT2D eigenvalue weighted by Gasteiger charge is 2.36. The fourth-order valence-electron chi connectivity index (χ4n) is 1.83. The summed E-state index contributed by atoms with van der Waals surface area (Å²) in [6, 6.07) is 9.33. The summed E-state index contributed by atoms with van der Waals surface area (Å²) in [5.41, 5.74) is -0.418. The Kier molecular flexibility index (Phi) is 15.4. The lowest BCUT2D eigenvalue weighted by Crippen LogP contribution is -2.40. The number of halogens is 1. The topological polar surface area (TPSA) is 120 Å². The summed E-state index contributed by atoms with van der Waals surface area (Å²) in [6.45, 7) is 3.36. The van der Waals surface area contributed by atoms with Gasteiger partial charge in [-0.15, -0.1) is 0 Å². The van der Waals surface area contributed by atoms with E-state index in [2.05, 4.69) is 16.9 Å². The van der Waals surface area contributed by atoms with Crippen molar-refractivity contribution in [2.75, 3.05) is 46.8 Å². The van der Waals surface area contributed by atoms with Gasteiger partial charge in [0.15, 0.2) is 0 Å². The maximum absolute atomic E-state index is 12.1. The monoisotopic (exact) mass is 447 g/mol. The van der Waals surface area contributed by atoms with Gasteiger partial charge in [-0.25, -0.2) is 4.79 Å². The number of amides is 1. The molecule has 30 heavy (non-hydrogen) atoms. The summed E-state index contributed by atoms with van der Waals surface area (Å²) in [5.74, 6) is -0.661. The average Bonchev–Trinajstić information content (AvgIpc) is 2.73. The van der Waals surface area contributed by atoms with Crippen molar-refractivity contribution in [3.63, 3.8) is 0 Å². The van der Waals surface area contributed by atoms with Crippen molar-refractivity contribution in [1.29, 1.82) is 0 Å². The third-order valence-corrected chi connectivity index (χ3v) is 3.54. The van der Waals surface area contributed by atoms with Crippen LogP contribution in [0.5, 0.6) is 0 Å². The van der Waals surface area contributed by atoms with Crippen molar-refractivity contribution in [1.82, 2.24) is 5.32 Å². The third-order valence-electron chi connectivity index (χ3n) is 3.54.